The van der Waals surface area contributed by atoms with Gasteiger partial charge in [-0.05, 0) is 23.6 Å². The van der Waals surface area contributed by atoms with Gasteiger partial charge in [0.1, 0.15) is 5.82 Å². The predicted octanol–water partition coefficient (Wildman–Crippen LogP) is 2.66. The van der Waals surface area contributed by atoms with Gasteiger partial charge in [0.05, 0.1) is 16.3 Å². The number of hydrazine groups is 1. The molecular formula is C16H14ClN5O2S2. The van der Waals surface area contributed by atoms with E-state index in [9.17, 15) is 9.59 Å². The van der Waals surface area contributed by atoms with Crippen LogP contribution in [0.1, 0.15) is 21.1 Å². The third-order valence-corrected chi connectivity index (χ3v) is 5.25. The number of aromatic nitrogens is 3. The van der Waals surface area contributed by atoms with Crippen molar-refractivity contribution in [3.05, 3.63) is 63.1 Å². The van der Waals surface area contributed by atoms with Gasteiger partial charge in [0.2, 0.25) is 11.1 Å². The number of aromatic amines is 1. The van der Waals surface area contributed by atoms with Crippen LogP contribution >= 0.6 is 34.7 Å². The normalized spacial score (nSPS) is 10.5. The van der Waals surface area contributed by atoms with E-state index in [2.05, 4.69) is 26.0 Å². The molecule has 0 spiro atoms. The number of thioether (sulfide) groups is 1. The molecule has 1 aromatic carbocycles. The van der Waals surface area contributed by atoms with E-state index < -0.39 is 5.91 Å². The number of hydrogen-bond donors (Lipinski definition) is 3. The van der Waals surface area contributed by atoms with Crippen LogP contribution < -0.4 is 10.9 Å². The molecule has 2 amide bonds. The molecule has 0 aliphatic carbocycles. The number of benzene rings is 1. The molecule has 0 radical (unpaired) electrons. The third kappa shape index (κ3) is 5.07. The van der Waals surface area contributed by atoms with Gasteiger partial charge in [-0.1, -0.05) is 41.6 Å². The van der Waals surface area contributed by atoms with Crippen LogP contribution in [0.2, 0.25) is 5.02 Å². The second kappa shape index (κ2) is 8.84. The fourth-order valence-electron chi connectivity index (χ4n) is 2.00. The Labute approximate surface area is 162 Å². The molecule has 0 fully saturated rings. The molecule has 0 aliphatic heterocycles. The van der Waals surface area contributed by atoms with Crippen LogP contribution in [0.5, 0.6) is 0 Å². The molecule has 7 nitrogen and oxygen atoms in total. The molecular weight excluding hydrogens is 394 g/mol. The van der Waals surface area contributed by atoms with E-state index in [-0.39, 0.29) is 17.2 Å². The molecule has 0 atom stereocenters. The number of nitrogens with one attached hydrogen (secondary N) is 3. The van der Waals surface area contributed by atoms with E-state index in [1.807, 2.05) is 17.5 Å². The summed E-state index contributed by atoms with van der Waals surface area (Å²) in [4.78, 5) is 29.3. The highest BCUT2D eigenvalue weighted by Crippen LogP contribution is 2.16. The van der Waals surface area contributed by atoms with Gasteiger partial charge in [0.15, 0.2) is 0 Å². The lowest BCUT2D eigenvalue weighted by atomic mass is 10.2. The quantitative estimate of drug-likeness (QED) is 0.431. The van der Waals surface area contributed by atoms with Crippen molar-refractivity contribution in [2.45, 2.75) is 11.6 Å². The van der Waals surface area contributed by atoms with Crippen LogP contribution in [0, 0.1) is 0 Å². The van der Waals surface area contributed by atoms with E-state index in [1.165, 1.54) is 16.6 Å². The number of H-pyrrole nitrogens is 1. The number of rotatable bonds is 6. The maximum absolute atomic E-state index is 12.0. The fraction of sp³-hybridized carbons (Fsp3) is 0.125. The largest absolute Gasteiger partial charge is 0.272 e. The fourth-order valence-corrected chi connectivity index (χ4v) is 3.55. The van der Waals surface area contributed by atoms with E-state index in [0.717, 1.165) is 5.82 Å². The van der Waals surface area contributed by atoms with Gasteiger partial charge < -0.3 is 0 Å². The van der Waals surface area contributed by atoms with Gasteiger partial charge >= 0.3 is 0 Å². The maximum atomic E-state index is 12.0. The van der Waals surface area contributed by atoms with E-state index in [0.29, 0.717) is 16.6 Å². The molecule has 3 rings (SSSR count). The third-order valence-electron chi connectivity index (χ3n) is 3.20. The van der Waals surface area contributed by atoms with Crippen molar-refractivity contribution in [3.8, 4) is 0 Å². The number of thiophene rings is 1. The summed E-state index contributed by atoms with van der Waals surface area (Å²) in [6.07, 6.45) is 0.672. The summed E-state index contributed by atoms with van der Waals surface area (Å²) in [6, 6.07) is 10.6. The van der Waals surface area contributed by atoms with Gasteiger partial charge in [0, 0.05) is 11.3 Å². The van der Waals surface area contributed by atoms with Crippen molar-refractivity contribution < 1.29 is 9.59 Å². The van der Waals surface area contributed by atoms with Gasteiger partial charge in [-0.15, -0.1) is 16.4 Å². The summed E-state index contributed by atoms with van der Waals surface area (Å²) < 4.78 is 0. The van der Waals surface area contributed by atoms with Gasteiger partial charge in [-0.3, -0.25) is 25.5 Å². The highest BCUT2D eigenvalue weighted by Gasteiger charge is 2.12. The molecule has 0 aliphatic rings. The van der Waals surface area contributed by atoms with Crippen LogP contribution in [-0.4, -0.2) is 32.7 Å². The Balaban J connectivity index is 1.43. The molecule has 2 heterocycles. The molecule has 0 saturated heterocycles. The number of halogens is 1. The maximum Gasteiger partial charge on any atom is 0.271 e. The minimum Gasteiger partial charge on any atom is -0.272 e. The zero-order valence-electron chi connectivity index (χ0n) is 13.4. The Morgan fingerprint density at radius 1 is 1.19 bits per heavy atom. The van der Waals surface area contributed by atoms with E-state index >= 15 is 0 Å². The predicted molar refractivity (Wildman–Crippen MR) is 101 cm³/mol. The molecule has 3 N–H and O–H groups in total. The zero-order valence-corrected chi connectivity index (χ0v) is 15.7. The minimum absolute atomic E-state index is 0.0685. The Morgan fingerprint density at radius 2 is 2.04 bits per heavy atom. The average Bonchev–Trinajstić information content (AvgIpc) is 3.31. The first-order chi connectivity index (χ1) is 12.6. The van der Waals surface area contributed by atoms with Crippen molar-refractivity contribution >= 4 is 46.5 Å². The van der Waals surface area contributed by atoms with Crippen molar-refractivity contribution in [1.29, 1.82) is 0 Å². The molecule has 3 aromatic rings. The summed E-state index contributed by atoms with van der Waals surface area (Å²) in [6.45, 7) is 0. The summed E-state index contributed by atoms with van der Waals surface area (Å²) >= 11 is 8.75. The molecule has 10 heteroatoms. The van der Waals surface area contributed by atoms with Crippen LogP contribution in [0.25, 0.3) is 0 Å². The Bertz CT molecular complexity index is 898. The Hall–Kier alpha value is -2.36. The molecule has 2 aromatic heterocycles. The molecule has 26 heavy (non-hydrogen) atoms. The minimum atomic E-state index is -0.481. The van der Waals surface area contributed by atoms with Crippen molar-refractivity contribution in [2.24, 2.45) is 0 Å². The number of amides is 2. The van der Waals surface area contributed by atoms with Crippen LogP contribution in [0.3, 0.4) is 0 Å². The molecule has 134 valence electrons. The van der Waals surface area contributed by atoms with E-state index in [1.54, 1.807) is 35.6 Å². The molecule has 0 saturated carbocycles. The standard InChI is InChI=1S/C16H14ClN5O2S2/c17-12-6-2-1-5-11(12)15(24)21-20-14(23)9-26-16-18-13(19-22-16)8-10-4-3-7-25-10/h1-7H,8-9H2,(H,20,23)(H,21,24)(H,18,19,22). The van der Waals surface area contributed by atoms with Gasteiger partial charge in [0.25, 0.3) is 5.91 Å². The van der Waals surface area contributed by atoms with Crippen LogP contribution in [-0.2, 0) is 11.2 Å². The van der Waals surface area contributed by atoms with Crippen molar-refractivity contribution in [1.82, 2.24) is 26.0 Å². The van der Waals surface area contributed by atoms with Crippen molar-refractivity contribution in [2.75, 3.05) is 5.75 Å². The van der Waals surface area contributed by atoms with E-state index in [4.69, 9.17) is 11.6 Å². The molecule has 0 bridgehead atoms. The lowest BCUT2D eigenvalue weighted by Gasteiger charge is -2.07. The first-order valence-electron chi connectivity index (χ1n) is 7.52. The highest BCUT2D eigenvalue weighted by molar-refractivity contribution is 7.99. The Morgan fingerprint density at radius 3 is 2.81 bits per heavy atom. The number of nitrogens with zero attached hydrogens (tertiary/aromatic N) is 2. The zero-order chi connectivity index (χ0) is 18.4. The summed E-state index contributed by atoms with van der Waals surface area (Å²) in [7, 11) is 0. The van der Waals surface area contributed by atoms with Gasteiger partial charge in [-0.25, -0.2) is 4.98 Å². The first-order valence-corrected chi connectivity index (χ1v) is 9.76. The average molecular weight is 408 g/mol. The smallest absolute Gasteiger partial charge is 0.271 e. The molecule has 0 unspecified atom stereocenters. The van der Waals surface area contributed by atoms with Crippen LogP contribution in [0.4, 0.5) is 0 Å². The SMILES string of the molecule is O=C(CSc1n[nH]c(Cc2cccs2)n1)NNC(=O)c1ccccc1Cl. The van der Waals surface area contributed by atoms with Crippen molar-refractivity contribution in [3.63, 3.8) is 0 Å². The lowest BCUT2D eigenvalue weighted by molar-refractivity contribution is -0.119. The lowest BCUT2D eigenvalue weighted by Crippen LogP contribution is -2.42. The van der Waals surface area contributed by atoms with Crippen LogP contribution in [0.15, 0.2) is 46.9 Å². The second-order valence-electron chi connectivity index (χ2n) is 5.09. The number of carbonyl (C=O) groups is 2. The highest BCUT2D eigenvalue weighted by atomic mass is 35.5. The summed E-state index contributed by atoms with van der Waals surface area (Å²) in [5, 5.41) is 9.72. The number of hydrogen-bond acceptors (Lipinski definition) is 6. The number of carbonyl (C=O) groups excluding carboxylic acids is 2. The summed E-state index contributed by atoms with van der Waals surface area (Å²) in [5.74, 6) is -0.0495. The monoisotopic (exact) mass is 407 g/mol. The second-order valence-corrected chi connectivity index (χ2v) is 7.47. The topological polar surface area (TPSA) is 99.8 Å². The summed E-state index contributed by atoms with van der Waals surface area (Å²) in [5.41, 5.74) is 4.95. The van der Waals surface area contributed by atoms with Gasteiger partial charge in [-0.2, -0.15) is 0 Å². The first kappa shape index (κ1) is 18.4. The Kier molecular flexibility index (Phi) is 6.26.